The van der Waals surface area contributed by atoms with Gasteiger partial charge >= 0.3 is 0 Å². The fraction of sp³-hybridized carbons (Fsp3) is 0.538. The average Bonchev–Trinajstić information content (AvgIpc) is 2.45. The molecular formula is C13H15ClN2O3. The molecule has 1 aliphatic rings. The Morgan fingerprint density at radius 2 is 2.32 bits per heavy atom. The summed E-state index contributed by atoms with van der Waals surface area (Å²) in [7, 11) is 0. The standard InChI is InChI=1S/C13H15ClN2O3/c14-13-10(9-15)4-5-11(16-13)17-7-8-19-12-3-1-2-6-18-12/h4-5,12H,1-3,6-8H2. The lowest BCUT2D eigenvalue weighted by molar-refractivity contribution is -0.165. The van der Waals surface area contributed by atoms with Crippen LogP contribution in [0.1, 0.15) is 24.8 Å². The van der Waals surface area contributed by atoms with Gasteiger partial charge in [0.2, 0.25) is 5.88 Å². The summed E-state index contributed by atoms with van der Waals surface area (Å²) in [6.07, 6.45) is 3.05. The van der Waals surface area contributed by atoms with Crippen molar-refractivity contribution in [1.29, 1.82) is 5.26 Å². The van der Waals surface area contributed by atoms with Crippen molar-refractivity contribution in [2.24, 2.45) is 0 Å². The molecule has 19 heavy (non-hydrogen) atoms. The van der Waals surface area contributed by atoms with Crippen LogP contribution in [0.2, 0.25) is 5.15 Å². The maximum absolute atomic E-state index is 8.72. The first-order chi connectivity index (χ1) is 9.29. The normalized spacial score (nSPS) is 18.8. The highest BCUT2D eigenvalue weighted by Crippen LogP contribution is 2.17. The Morgan fingerprint density at radius 1 is 1.42 bits per heavy atom. The van der Waals surface area contributed by atoms with Crippen molar-refractivity contribution in [1.82, 2.24) is 4.98 Å². The molecule has 5 nitrogen and oxygen atoms in total. The van der Waals surface area contributed by atoms with E-state index in [0.717, 1.165) is 25.9 Å². The summed E-state index contributed by atoms with van der Waals surface area (Å²) in [5.74, 6) is 0.386. The van der Waals surface area contributed by atoms with Crippen LogP contribution in [0.3, 0.4) is 0 Å². The SMILES string of the molecule is N#Cc1ccc(OCCOC2CCCCO2)nc1Cl. The second-order valence-electron chi connectivity index (χ2n) is 4.12. The maximum Gasteiger partial charge on any atom is 0.214 e. The average molecular weight is 283 g/mol. The van der Waals surface area contributed by atoms with Crippen LogP contribution in [0.4, 0.5) is 0 Å². The van der Waals surface area contributed by atoms with Crippen LogP contribution in [0, 0.1) is 11.3 Å². The molecule has 1 fully saturated rings. The topological polar surface area (TPSA) is 64.4 Å². The van der Waals surface area contributed by atoms with E-state index < -0.39 is 0 Å². The molecule has 0 spiro atoms. The number of hydrogen-bond donors (Lipinski definition) is 0. The van der Waals surface area contributed by atoms with Crippen LogP contribution < -0.4 is 4.74 Å². The highest BCUT2D eigenvalue weighted by Gasteiger charge is 2.13. The Balaban J connectivity index is 1.70. The smallest absolute Gasteiger partial charge is 0.214 e. The summed E-state index contributed by atoms with van der Waals surface area (Å²) >= 11 is 5.80. The van der Waals surface area contributed by atoms with E-state index in [1.54, 1.807) is 12.1 Å². The summed E-state index contributed by atoms with van der Waals surface area (Å²) in [6, 6.07) is 5.13. The first kappa shape index (κ1) is 14.1. The summed E-state index contributed by atoms with van der Waals surface area (Å²) < 4.78 is 16.3. The third kappa shape index (κ3) is 4.35. The number of nitrogens with zero attached hydrogens (tertiary/aromatic N) is 2. The van der Waals surface area contributed by atoms with E-state index >= 15 is 0 Å². The predicted molar refractivity (Wildman–Crippen MR) is 69.0 cm³/mol. The van der Waals surface area contributed by atoms with Gasteiger partial charge < -0.3 is 14.2 Å². The predicted octanol–water partition coefficient (Wildman–Crippen LogP) is 2.53. The molecule has 0 bridgehead atoms. The molecule has 1 aromatic heterocycles. The number of hydrogen-bond acceptors (Lipinski definition) is 5. The maximum atomic E-state index is 8.72. The van der Waals surface area contributed by atoms with Crippen molar-refractivity contribution in [2.75, 3.05) is 19.8 Å². The number of nitriles is 1. The minimum absolute atomic E-state index is 0.116. The third-order valence-corrected chi connectivity index (χ3v) is 3.01. The molecule has 0 aliphatic carbocycles. The van der Waals surface area contributed by atoms with Gasteiger partial charge in [-0.15, -0.1) is 0 Å². The van der Waals surface area contributed by atoms with Crippen LogP contribution in [-0.4, -0.2) is 31.1 Å². The molecule has 1 aliphatic heterocycles. The van der Waals surface area contributed by atoms with Crippen molar-refractivity contribution in [2.45, 2.75) is 25.6 Å². The molecule has 2 heterocycles. The second-order valence-corrected chi connectivity index (χ2v) is 4.47. The highest BCUT2D eigenvalue weighted by molar-refractivity contribution is 6.30. The number of ether oxygens (including phenoxy) is 3. The Bertz CT molecular complexity index is 456. The van der Waals surface area contributed by atoms with Crippen LogP contribution in [-0.2, 0) is 9.47 Å². The Labute approximate surface area is 117 Å². The molecule has 1 saturated heterocycles. The van der Waals surface area contributed by atoms with Gasteiger partial charge in [0, 0.05) is 12.7 Å². The van der Waals surface area contributed by atoms with Gasteiger partial charge in [-0.1, -0.05) is 11.6 Å². The van der Waals surface area contributed by atoms with Crippen molar-refractivity contribution >= 4 is 11.6 Å². The molecule has 2 rings (SSSR count). The van der Waals surface area contributed by atoms with Gasteiger partial charge in [-0.05, 0) is 25.3 Å². The fourth-order valence-corrected chi connectivity index (χ4v) is 1.94. The number of halogens is 1. The van der Waals surface area contributed by atoms with E-state index in [4.69, 9.17) is 31.1 Å². The Hall–Kier alpha value is -1.35. The summed E-state index contributed by atoms with van der Waals surface area (Å²) in [5.41, 5.74) is 0.334. The van der Waals surface area contributed by atoms with Crippen molar-refractivity contribution in [3.63, 3.8) is 0 Å². The lowest BCUT2D eigenvalue weighted by atomic mass is 10.2. The summed E-state index contributed by atoms with van der Waals surface area (Å²) in [4.78, 5) is 3.96. The molecule has 1 atom stereocenters. The van der Waals surface area contributed by atoms with Crippen molar-refractivity contribution in [3.05, 3.63) is 22.8 Å². The van der Waals surface area contributed by atoms with Crippen LogP contribution in [0.15, 0.2) is 12.1 Å². The van der Waals surface area contributed by atoms with E-state index in [0.29, 0.717) is 24.7 Å². The van der Waals surface area contributed by atoms with Gasteiger partial charge in [0.05, 0.1) is 12.2 Å². The minimum Gasteiger partial charge on any atom is -0.475 e. The number of rotatable bonds is 5. The van der Waals surface area contributed by atoms with E-state index in [-0.39, 0.29) is 11.4 Å². The second kappa shape index (κ2) is 7.29. The van der Waals surface area contributed by atoms with Crippen molar-refractivity contribution in [3.8, 4) is 11.9 Å². The zero-order chi connectivity index (χ0) is 13.5. The molecule has 0 aromatic carbocycles. The number of pyridine rings is 1. The summed E-state index contributed by atoms with van der Waals surface area (Å²) in [5, 5.41) is 8.87. The molecule has 6 heteroatoms. The minimum atomic E-state index is -0.116. The molecule has 0 saturated carbocycles. The number of aromatic nitrogens is 1. The zero-order valence-electron chi connectivity index (χ0n) is 10.5. The van der Waals surface area contributed by atoms with Gasteiger partial charge in [0.25, 0.3) is 0 Å². The van der Waals surface area contributed by atoms with Gasteiger partial charge in [0.15, 0.2) is 11.4 Å². The fourth-order valence-electron chi connectivity index (χ4n) is 1.75. The first-order valence-corrected chi connectivity index (χ1v) is 6.60. The molecule has 1 unspecified atom stereocenters. The molecule has 0 N–H and O–H groups in total. The van der Waals surface area contributed by atoms with E-state index in [1.807, 2.05) is 6.07 Å². The first-order valence-electron chi connectivity index (χ1n) is 6.22. The van der Waals surface area contributed by atoms with Crippen molar-refractivity contribution < 1.29 is 14.2 Å². The van der Waals surface area contributed by atoms with Crippen LogP contribution in [0.5, 0.6) is 5.88 Å². The third-order valence-electron chi connectivity index (χ3n) is 2.72. The van der Waals surface area contributed by atoms with Crippen LogP contribution >= 0.6 is 11.6 Å². The van der Waals surface area contributed by atoms with Crippen LogP contribution in [0.25, 0.3) is 0 Å². The van der Waals surface area contributed by atoms with Gasteiger partial charge in [-0.3, -0.25) is 0 Å². The van der Waals surface area contributed by atoms with E-state index in [2.05, 4.69) is 4.98 Å². The van der Waals surface area contributed by atoms with Gasteiger partial charge in [0.1, 0.15) is 12.7 Å². The monoisotopic (exact) mass is 282 g/mol. The van der Waals surface area contributed by atoms with E-state index in [1.165, 1.54) is 0 Å². The highest BCUT2D eigenvalue weighted by atomic mass is 35.5. The molecule has 102 valence electrons. The zero-order valence-corrected chi connectivity index (χ0v) is 11.2. The lowest BCUT2D eigenvalue weighted by Crippen LogP contribution is -2.24. The molecule has 0 radical (unpaired) electrons. The lowest BCUT2D eigenvalue weighted by Gasteiger charge is -2.22. The van der Waals surface area contributed by atoms with E-state index in [9.17, 15) is 0 Å². The molecule has 0 amide bonds. The molecule has 1 aromatic rings. The summed E-state index contributed by atoms with van der Waals surface area (Å²) in [6.45, 7) is 1.57. The Kier molecular flexibility index (Phi) is 5.40. The van der Waals surface area contributed by atoms with Gasteiger partial charge in [-0.2, -0.15) is 5.26 Å². The largest absolute Gasteiger partial charge is 0.475 e. The molecular weight excluding hydrogens is 268 g/mol. The Morgan fingerprint density at radius 3 is 3.00 bits per heavy atom. The quantitative estimate of drug-likeness (QED) is 0.613. The van der Waals surface area contributed by atoms with Gasteiger partial charge in [-0.25, -0.2) is 4.98 Å².